The number of nitrogens with zero attached hydrogens (tertiary/aromatic N) is 2. The minimum absolute atomic E-state index is 0.101. The van der Waals surface area contributed by atoms with E-state index in [2.05, 4.69) is 20.9 Å². The Kier molecular flexibility index (Phi) is 3.02. The van der Waals surface area contributed by atoms with Crippen LogP contribution in [0.2, 0.25) is 0 Å². The third-order valence-electron chi connectivity index (χ3n) is 1.68. The van der Waals surface area contributed by atoms with E-state index in [1.54, 1.807) is 6.92 Å². The van der Waals surface area contributed by atoms with Gasteiger partial charge in [-0.1, -0.05) is 0 Å². The van der Waals surface area contributed by atoms with Gasteiger partial charge in [0.05, 0.1) is 18.2 Å². The number of aromatic nitrogens is 2. The van der Waals surface area contributed by atoms with E-state index in [4.69, 9.17) is 0 Å². The minimum Gasteiger partial charge on any atom is -0.380 e. The van der Waals surface area contributed by atoms with Gasteiger partial charge < -0.3 is 9.67 Å². The maximum atomic E-state index is 12.6. The number of aliphatic hydroxyl groups is 1. The van der Waals surface area contributed by atoms with E-state index in [1.807, 2.05) is 0 Å². The van der Waals surface area contributed by atoms with E-state index in [0.29, 0.717) is 6.54 Å². The number of rotatable bonds is 3. The van der Waals surface area contributed by atoms with Gasteiger partial charge in [-0.15, -0.1) is 0 Å². The molecule has 1 aromatic heterocycles. The van der Waals surface area contributed by atoms with Gasteiger partial charge in [0.2, 0.25) is 0 Å². The van der Waals surface area contributed by atoms with Crippen molar-refractivity contribution in [1.29, 1.82) is 0 Å². The number of hydrogen-bond acceptors (Lipinski definition) is 2. The Morgan fingerprint density at radius 3 is 2.85 bits per heavy atom. The molecular formula is C7H9BrF2N2O. The summed E-state index contributed by atoms with van der Waals surface area (Å²) in [6.45, 7) is 2.28. The Balaban J connectivity index is 2.94. The van der Waals surface area contributed by atoms with Crippen LogP contribution in [0.25, 0.3) is 0 Å². The van der Waals surface area contributed by atoms with Gasteiger partial charge in [-0.2, -0.15) is 8.78 Å². The molecule has 0 aliphatic heterocycles. The Hall–Kier alpha value is -0.490. The van der Waals surface area contributed by atoms with Crippen LogP contribution in [0.4, 0.5) is 8.78 Å². The van der Waals surface area contributed by atoms with Crippen LogP contribution >= 0.6 is 15.9 Å². The standard InChI is InChI=1S/C7H9BrF2N2O/c1-2-12-4-11-3-5(12)6(13)7(8,9)10/h3-4,6,13H,2H2,1H3. The summed E-state index contributed by atoms with van der Waals surface area (Å²) >= 11 is 2.10. The molecular weight excluding hydrogens is 246 g/mol. The zero-order valence-corrected chi connectivity index (χ0v) is 8.50. The molecule has 74 valence electrons. The van der Waals surface area contributed by atoms with Gasteiger partial charge in [-0.3, -0.25) is 0 Å². The normalized spacial score (nSPS) is 14.5. The zero-order chi connectivity index (χ0) is 10.1. The van der Waals surface area contributed by atoms with Crippen molar-refractivity contribution in [2.45, 2.75) is 24.4 Å². The second-order valence-corrected chi connectivity index (χ2v) is 3.61. The Bertz CT molecular complexity index is 284. The van der Waals surface area contributed by atoms with Gasteiger partial charge in [-0.25, -0.2) is 4.98 Å². The van der Waals surface area contributed by atoms with E-state index < -0.39 is 10.9 Å². The Labute approximate surface area is 82.5 Å². The maximum Gasteiger partial charge on any atom is 0.332 e. The molecule has 1 unspecified atom stereocenters. The molecule has 0 saturated heterocycles. The molecule has 0 spiro atoms. The average molecular weight is 255 g/mol. The fraction of sp³-hybridized carbons (Fsp3) is 0.571. The van der Waals surface area contributed by atoms with Crippen LogP contribution in [0, 0.1) is 0 Å². The predicted octanol–water partition coefficient (Wildman–Crippen LogP) is 1.92. The quantitative estimate of drug-likeness (QED) is 0.838. The van der Waals surface area contributed by atoms with E-state index in [0.717, 1.165) is 0 Å². The second-order valence-electron chi connectivity index (χ2n) is 2.55. The molecule has 0 bridgehead atoms. The first kappa shape index (κ1) is 10.6. The summed E-state index contributed by atoms with van der Waals surface area (Å²) in [5.74, 6) is 0. The number of aliphatic hydroxyl groups excluding tert-OH is 1. The summed E-state index contributed by atoms with van der Waals surface area (Å²) in [5, 5.41) is 9.20. The first-order valence-electron chi connectivity index (χ1n) is 3.71. The largest absolute Gasteiger partial charge is 0.380 e. The summed E-state index contributed by atoms with van der Waals surface area (Å²) < 4.78 is 26.7. The van der Waals surface area contributed by atoms with Gasteiger partial charge >= 0.3 is 4.83 Å². The van der Waals surface area contributed by atoms with Crippen LogP contribution in [-0.4, -0.2) is 19.5 Å². The zero-order valence-electron chi connectivity index (χ0n) is 6.91. The lowest BCUT2D eigenvalue weighted by molar-refractivity contribution is -0.0334. The predicted molar refractivity (Wildman–Crippen MR) is 46.7 cm³/mol. The molecule has 1 aromatic rings. The minimum atomic E-state index is -3.32. The molecule has 1 atom stereocenters. The van der Waals surface area contributed by atoms with Gasteiger partial charge in [0.1, 0.15) is 0 Å². The number of alkyl halides is 3. The van der Waals surface area contributed by atoms with Crippen LogP contribution in [0.15, 0.2) is 12.5 Å². The molecule has 0 saturated carbocycles. The van der Waals surface area contributed by atoms with Crippen molar-refractivity contribution in [2.75, 3.05) is 0 Å². The van der Waals surface area contributed by atoms with Gasteiger partial charge in [0, 0.05) is 6.54 Å². The molecule has 1 N–H and O–H groups in total. The highest BCUT2D eigenvalue weighted by atomic mass is 79.9. The first-order chi connectivity index (χ1) is 5.96. The van der Waals surface area contributed by atoms with Crippen molar-refractivity contribution in [3.05, 3.63) is 18.2 Å². The van der Waals surface area contributed by atoms with E-state index in [9.17, 15) is 13.9 Å². The fourth-order valence-corrected chi connectivity index (χ4v) is 1.23. The van der Waals surface area contributed by atoms with Crippen LogP contribution in [0.5, 0.6) is 0 Å². The molecule has 13 heavy (non-hydrogen) atoms. The molecule has 0 aromatic carbocycles. The summed E-state index contributed by atoms with van der Waals surface area (Å²) in [6, 6.07) is 0. The second kappa shape index (κ2) is 3.71. The smallest absolute Gasteiger partial charge is 0.332 e. The lowest BCUT2D eigenvalue weighted by Gasteiger charge is -2.17. The van der Waals surface area contributed by atoms with Crippen LogP contribution in [0.3, 0.4) is 0 Å². The number of aryl methyl sites for hydroxylation is 1. The molecule has 0 amide bonds. The summed E-state index contributed by atoms with van der Waals surface area (Å²) in [4.78, 5) is 0.357. The molecule has 1 heterocycles. The van der Waals surface area contributed by atoms with Gasteiger partial charge in [0.25, 0.3) is 0 Å². The van der Waals surface area contributed by atoms with Crippen LogP contribution < -0.4 is 0 Å². The third kappa shape index (κ3) is 2.25. The van der Waals surface area contributed by atoms with E-state index >= 15 is 0 Å². The maximum absolute atomic E-state index is 12.6. The number of halogens is 3. The monoisotopic (exact) mass is 254 g/mol. The first-order valence-corrected chi connectivity index (χ1v) is 4.51. The Morgan fingerprint density at radius 2 is 2.38 bits per heavy atom. The van der Waals surface area contributed by atoms with Crippen molar-refractivity contribution in [2.24, 2.45) is 0 Å². The molecule has 0 fully saturated rings. The number of hydrogen-bond donors (Lipinski definition) is 1. The van der Waals surface area contributed by atoms with E-state index in [-0.39, 0.29) is 5.69 Å². The van der Waals surface area contributed by atoms with Gasteiger partial charge in [-0.05, 0) is 22.9 Å². The Morgan fingerprint density at radius 1 is 1.77 bits per heavy atom. The highest BCUT2D eigenvalue weighted by molar-refractivity contribution is 9.10. The van der Waals surface area contributed by atoms with Gasteiger partial charge in [0.15, 0.2) is 6.10 Å². The fourth-order valence-electron chi connectivity index (χ4n) is 0.991. The molecule has 0 radical (unpaired) electrons. The topological polar surface area (TPSA) is 38.0 Å². The van der Waals surface area contributed by atoms with Crippen molar-refractivity contribution in [3.63, 3.8) is 0 Å². The molecule has 0 aliphatic rings. The van der Waals surface area contributed by atoms with Crippen LogP contribution in [0.1, 0.15) is 18.7 Å². The number of imidazole rings is 1. The average Bonchev–Trinajstić information content (AvgIpc) is 2.48. The summed E-state index contributed by atoms with van der Waals surface area (Å²) in [6.07, 6.45) is 0.760. The highest BCUT2D eigenvalue weighted by Crippen LogP contribution is 2.36. The lowest BCUT2D eigenvalue weighted by atomic mass is 10.3. The lowest BCUT2D eigenvalue weighted by Crippen LogP contribution is -2.21. The van der Waals surface area contributed by atoms with Crippen molar-refractivity contribution in [3.8, 4) is 0 Å². The molecule has 3 nitrogen and oxygen atoms in total. The van der Waals surface area contributed by atoms with Crippen molar-refractivity contribution in [1.82, 2.24) is 9.55 Å². The molecule has 1 rings (SSSR count). The molecule has 6 heteroatoms. The third-order valence-corrected chi connectivity index (χ3v) is 2.11. The van der Waals surface area contributed by atoms with Crippen molar-refractivity contribution < 1.29 is 13.9 Å². The highest BCUT2D eigenvalue weighted by Gasteiger charge is 2.37. The summed E-state index contributed by atoms with van der Waals surface area (Å²) in [7, 11) is 0. The molecule has 0 aliphatic carbocycles. The van der Waals surface area contributed by atoms with E-state index in [1.165, 1.54) is 17.1 Å². The van der Waals surface area contributed by atoms with Crippen molar-refractivity contribution >= 4 is 15.9 Å². The summed E-state index contributed by atoms with van der Waals surface area (Å²) in [5.41, 5.74) is 0.101. The SMILES string of the molecule is CCn1cncc1C(O)C(F)(F)Br. The van der Waals surface area contributed by atoms with Crippen LogP contribution in [-0.2, 0) is 6.54 Å².